The summed E-state index contributed by atoms with van der Waals surface area (Å²) in [6.45, 7) is 1.84. The Bertz CT molecular complexity index is 538. The summed E-state index contributed by atoms with van der Waals surface area (Å²) in [6, 6.07) is 6.08. The maximum absolute atomic E-state index is 12.0. The van der Waals surface area contributed by atoms with Crippen molar-refractivity contribution in [2.24, 2.45) is 0 Å². The molecule has 1 fully saturated rings. The first-order valence-electron chi connectivity index (χ1n) is 7.12. The van der Waals surface area contributed by atoms with Gasteiger partial charge in [0.05, 0.1) is 6.54 Å². The van der Waals surface area contributed by atoms with Gasteiger partial charge < -0.3 is 16.0 Å². The van der Waals surface area contributed by atoms with E-state index in [1.54, 1.807) is 0 Å². The van der Waals surface area contributed by atoms with E-state index in [9.17, 15) is 9.59 Å². The van der Waals surface area contributed by atoms with Gasteiger partial charge in [-0.15, -0.1) is 0 Å². The average molecular weight is 273 g/mol. The molecule has 1 saturated carbocycles. The Balaban J connectivity index is 1.57. The zero-order chi connectivity index (χ0) is 13.9. The Labute approximate surface area is 118 Å². The smallest absolute Gasteiger partial charge is 0.251 e. The summed E-state index contributed by atoms with van der Waals surface area (Å²) < 4.78 is 0. The van der Waals surface area contributed by atoms with Crippen LogP contribution in [0.3, 0.4) is 0 Å². The first-order chi connectivity index (χ1) is 9.72. The molecule has 1 aromatic rings. The maximum Gasteiger partial charge on any atom is 0.251 e. The summed E-state index contributed by atoms with van der Waals surface area (Å²) in [6.07, 6.45) is 3.11. The maximum atomic E-state index is 12.0. The van der Waals surface area contributed by atoms with Crippen molar-refractivity contribution in [2.45, 2.75) is 31.8 Å². The average Bonchev–Trinajstić information content (AvgIpc) is 3.28. The van der Waals surface area contributed by atoms with Crippen molar-refractivity contribution in [1.29, 1.82) is 0 Å². The molecule has 0 aromatic heterocycles. The lowest BCUT2D eigenvalue weighted by Gasteiger charge is -2.17. The van der Waals surface area contributed by atoms with Gasteiger partial charge in [-0.3, -0.25) is 9.59 Å². The molecule has 1 aromatic carbocycles. The first kappa shape index (κ1) is 13.1. The van der Waals surface area contributed by atoms with Crippen LogP contribution in [0.5, 0.6) is 0 Å². The second-order valence-corrected chi connectivity index (χ2v) is 5.43. The third kappa shape index (κ3) is 3.17. The van der Waals surface area contributed by atoms with Gasteiger partial charge >= 0.3 is 0 Å². The number of hydrogen-bond acceptors (Lipinski definition) is 3. The van der Waals surface area contributed by atoms with Crippen LogP contribution >= 0.6 is 0 Å². The summed E-state index contributed by atoms with van der Waals surface area (Å²) >= 11 is 0. The molecule has 0 bridgehead atoms. The fourth-order valence-electron chi connectivity index (χ4n) is 2.39. The van der Waals surface area contributed by atoms with Gasteiger partial charge in [-0.2, -0.15) is 0 Å². The molecule has 2 amide bonds. The standard InChI is InChI=1S/C15H19N3O2/c19-14(18-13-3-4-13)9-17-15(20)11-2-1-10-5-6-16-8-12(10)7-11/h1-2,7,13,16H,3-6,8-9H2,(H,17,20)(H,18,19). The van der Waals surface area contributed by atoms with Crippen LogP contribution in [0.4, 0.5) is 0 Å². The van der Waals surface area contributed by atoms with E-state index < -0.39 is 0 Å². The molecule has 1 aliphatic carbocycles. The Morgan fingerprint density at radius 1 is 1.25 bits per heavy atom. The quantitative estimate of drug-likeness (QED) is 0.741. The van der Waals surface area contributed by atoms with Crippen LogP contribution in [0.15, 0.2) is 18.2 Å². The van der Waals surface area contributed by atoms with Crippen molar-refractivity contribution in [3.8, 4) is 0 Å². The van der Waals surface area contributed by atoms with Crippen LogP contribution in [0.2, 0.25) is 0 Å². The Morgan fingerprint density at radius 3 is 2.90 bits per heavy atom. The topological polar surface area (TPSA) is 70.2 Å². The van der Waals surface area contributed by atoms with Crippen molar-refractivity contribution in [3.05, 3.63) is 34.9 Å². The van der Waals surface area contributed by atoms with Crippen molar-refractivity contribution in [2.75, 3.05) is 13.1 Å². The van der Waals surface area contributed by atoms with E-state index in [0.717, 1.165) is 32.4 Å². The number of rotatable bonds is 4. The third-order valence-electron chi connectivity index (χ3n) is 3.71. The SMILES string of the molecule is O=C(CNC(=O)c1ccc2c(c1)CNCC2)NC1CC1. The van der Waals surface area contributed by atoms with Crippen LogP contribution in [-0.4, -0.2) is 30.9 Å². The zero-order valence-electron chi connectivity index (χ0n) is 11.4. The molecule has 0 atom stereocenters. The summed E-state index contributed by atoms with van der Waals surface area (Å²) in [7, 11) is 0. The summed E-state index contributed by atoms with van der Waals surface area (Å²) in [4.78, 5) is 23.6. The van der Waals surface area contributed by atoms with Crippen LogP contribution in [0, 0.1) is 0 Å². The Kier molecular flexibility index (Phi) is 3.69. The van der Waals surface area contributed by atoms with Gasteiger partial charge in [-0.1, -0.05) is 6.07 Å². The van der Waals surface area contributed by atoms with E-state index in [2.05, 4.69) is 16.0 Å². The number of hydrogen-bond donors (Lipinski definition) is 3. The van der Waals surface area contributed by atoms with Gasteiger partial charge in [0.2, 0.25) is 5.91 Å². The third-order valence-corrected chi connectivity index (χ3v) is 3.71. The molecule has 1 aliphatic heterocycles. The molecule has 20 heavy (non-hydrogen) atoms. The van der Waals surface area contributed by atoms with Crippen molar-refractivity contribution in [1.82, 2.24) is 16.0 Å². The highest BCUT2D eigenvalue weighted by molar-refractivity contribution is 5.96. The van der Waals surface area contributed by atoms with E-state index in [0.29, 0.717) is 11.6 Å². The lowest BCUT2D eigenvalue weighted by molar-refractivity contribution is -0.120. The Hall–Kier alpha value is -1.88. The van der Waals surface area contributed by atoms with Crippen molar-refractivity contribution < 1.29 is 9.59 Å². The van der Waals surface area contributed by atoms with Gasteiger partial charge in [-0.05, 0) is 49.1 Å². The molecular formula is C15H19N3O2. The van der Waals surface area contributed by atoms with E-state index in [1.165, 1.54) is 11.1 Å². The van der Waals surface area contributed by atoms with E-state index in [-0.39, 0.29) is 18.4 Å². The highest BCUT2D eigenvalue weighted by Gasteiger charge is 2.23. The van der Waals surface area contributed by atoms with Crippen LogP contribution in [-0.2, 0) is 17.8 Å². The molecular weight excluding hydrogens is 254 g/mol. The molecule has 0 saturated heterocycles. The van der Waals surface area contributed by atoms with Gasteiger partial charge in [0.25, 0.3) is 5.91 Å². The molecule has 5 heteroatoms. The Morgan fingerprint density at radius 2 is 2.10 bits per heavy atom. The second kappa shape index (κ2) is 5.63. The summed E-state index contributed by atoms with van der Waals surface area (Å²) in [5.41, 5.74) is 3.09. The normalized spacial score (nSPS) is 17.2. The lowest BCUT2D eigenvalue weighted by Crippen LogP contribution is -2.37. The number of benzene rings is 1. The van der Waals surface area contributed by atoms with Crippen molar-refractivity contribution >= 4 is 11.8 Å². The zero-order valence-corrected chi connectivity index (χ0v) is 11.4. The molecule has 2 aliphatic rings. The molecule has 106 valence electrons. The van der Waals surface area contributed by atoms with E-state index in [1.807, 2.05) is 18.2 Å². The molecule has 1 heterocycles. The molecule has 5 nitrogen and oxygen atoms in total. The fraction of sp³-hybridized carbons (Fsp3) is 0.467. The minimum absolute atomic E-state index is 0.0463. The first-order valence-corrected chi connectivity index (χ1v) is 7.12. The molecule has 3 rings (SSSR count). The largest absolute Gasteiger partial charge is 0.352 e. The molecule has 0 unspecified atom stereocenters. The highest BCUT2D eigenvalue weighted by Crippen LogP contribution is 2.18. The highest BCUT2D eigenvalue weighted by atomic mass is 16.2. The van der Waals surface area contributed by atoms with E-state index in [4.69, 9.17) is 0 Å². The predicted molar refractivity (Wildman–Crippen MR) is 75.4 cm³/mol. The summed E-state index contributed by atoms with van der Waals surface area (Å²) in [5, 5.41) is 8.80. The van der Waals surface area contributed by atoms with Gasteiger partial charge in [0.1, 0.15) is 0 Å². The van der Waals surface area contributed by atoms with Crippen LogP contribution < -0.4 is 16.0 Å². The minimum Gasteiger partial charge on any atom is -0.352 e. The second-order valence-electron chi connectivity index (χ2n) is 5.43. The monoisotopic (exact) mass is 273 g/mol. The summed E-state index contributed by atoms with van der Waals surface area (Å²) in [5.74, 6) is -0.301. The van der Waals surface area contributed by atoms with Gasteiger partial charge in [0.15, 0.2) is 0 Å². The number of carbonyl (C=O) groups is 2. The van der Waals surface area contributed by atoms with E-state index >= 15 is 0 Å². The minimum atomic E-state index is -0.190. The number of nitrogens with one attached hydrogen (secondary N) is 3. The fourth-order valence-corrected chi connectivity index (χ4v) is 2.39. The van der Waals surface area contributed by atoms with Crippen LogP contribution in [0.25, 0.3) is 0 Å². The predicted octanol–water partition coefficient (Wildman–Crippen LogP) is 0.341. The lowest BCUT2D eigenvalue weighted by atomic mass is 9.98. The van der Waals surface area contributed by atoms with Gasteiger partial charge in [0, 0.05) is 18.2 Å². The molecule has 0 radical (unpaired) electrons. The number of amides is 2. The van der Waals surface area contributed by atoms with Crippen molar-refractivity contribution in [3.63, 3.8) is 0 Å². The molecule has 3 N–H and O–H groups in total. The van der Waals surface area contributed by atoms with Gasteiger partial charge in [-0.25, -0.2) is 0 Å². The number of fused-ring (bicyclic) bond motifs is 1. The van der Waals surface area contributed by atoms with Crippen LogP contribution in [0.1, 0.15) is 34.3 Å². The number of carbonyl (C=O) groups excluding carboxylic acids is 2. The molecule has 0 spiro atoms.